The number of nitriles is 2. The average Bonchev–Trinajstić information content (AvgIpc) is 4.13. The van der Waals surface area contributed by atoms with Gasteiger partial charge in [-0.2, -0.15) is 10.5 Å². The van der Waals surface area contributed by atoms with Crippen LogP contribution in [0.3, 0.4) is 0 Å². The zero-order chi connectivity index (χ0) is 46.8. The fourth-order valence-electron chi connectivity index (χ4n) is 8.65. The van der Waals surface area contributed by atoms with Crippen molar-refractivity contribution < 1.29 is 29.0 Å². The number of rotatable bonds is 6. The van der Waals surface area contributed by atoms with Crippen LogP contribution in [0.4, 0.5) is 8.78 Å². The Labute approximate surface area is 389 Å². The van der Waals surface area contributed by atoms with Crippen molar-refractivity contribution >= 4 is 28.5 Å². The molecule has 2 aliphatic heterocycles. The summed E-state index contributed by atoms with van der Waals surface area (Å²) in [4.78, 5) is 8.35. The Bertz CT molecular complexity index is 3090. The summed E-state index contributed by atoms with van der Waals surface area (Å²) in [6.45, 7) is 4.01. The number of benzene rings is 6. The molecule has 0 amide bonds. The van der Waals surface area contributed by atoms with E-state index in [1.165, 1.54) is 17.7 Å². The van der Waals surface area contributed by atoms with Gasteiger partial charge >= 0.3 is 7.12 Å². The molecular weight excluding hydrogens is 901 g/mol. The molecule has 2 aromatic heterocycles. The van der Waals surface area contributed by atoms with Crippen LogP contribution in [0, 0.1) is 48.1 Å². The van der Waals surface area contributed by atoms with Gasteiger partial charge in [0.05, 0.1) is 71.8 Å². The highest BCUT2D eigenvalue weighted by Crippen LogP contribution is 2.48. The second-order valence-corrected chi connectivity index (χ2v) is 17.4. The smallest absolute Gasteiger partial charge is 0.423 e. The van der Waals surface area contributed by atoms with Gasteiger partial charge in [0.1, 0.15) is 22.8 Å². The van der Waals surface area contributed by atoms with Gasteiger partial charge < -0.3 is 29.4 Å². The molecule has 8 aromatic rings. The van der Waals surface area contributed by atoms with E-state index in [-0.39, 0.29) is 23.6 Å². The molecule has 0 unspecified atom stereocenters. The van der Waals surface area contributed by atoms with Crippen LogP contribution in [0.5, 0.6) is 0 Å². The van der Waals surface area contributed by atoms with Crippen molar-refractivity contribution in [3.05, 3.63) is 231 Å². The molecule has 0 radical (unpaired) electrons. The fraction of sp³-hybridized carbons (Fsp3) is 0.154. The monoisotopic (exact) mass is 942 g/mol. The van der Waals surface area contributed by atoms with Gasteiger partial charge in [0.25, 0.3) is 0 Å². The highest BCUT2D eigenvalue weighted by Gasteiger charge is 2.47. The van der Waals surface area contributed by atoms with Crippen LogP contribution >= 0.6 is 15.9 Å². The zero-order valence-corrected chi connectivity index (χ0v) is 37.3. The predicted molar refractivity (Wildman–Crippen MR) is 250 cm³/mol. The van der Waals surface area contributed by atoms with Crippen LogP contribution in [-0.4, -0.2) is 46.5 Å². The maximum Gasteiger partial charge on any atom is 0.488 e. The third kappa shape index (κ3) is 8.98. The Balaban J connectivity index is 0.000000151. The largest absolute Gasteiger partial charge is 0.488 e. The van der Waals surface area contributed by atoms with Crippen LogP contribution in [0.15, 0.2) is 163 Å². The van der Waals surface area contributed by atoms with Gasteiger partial charge in [-0.1, -0.05) is 124 Å². The van der Waals surface area contributed by atoms with Gasteiger partial charge in [0.15, 0.2) is 0 Å². The van der Waals surface area contributed by atoms with Crippen LogP contribution in [0.25, 0.3) is 11.1 Å². The third-order valence-corrected chi connectivity index (χ3v) is 12.8. The summed E-state index contributed by atoms with van der Waals surface area (Å²) in [6, 6.07) is 42.6. The normalized spacial score (nSPS) is 19.0. The maximum absolute atomic E-state index is 14.7. The van der Waals surface area contributed by atoms with Gasteiger partial charge in [-0.05, 0) is 78.0 Å². The summed E-state index contributed by atoms with van der Waals surface area (Å²) in [6.07, 6.45) is 7.07. The van der Waals surface area contributed by atoms with E-state index in [9.17, 15) is 19.0 Å². The van der Waals surface area contributed by atoms with Crippen molar-refractivity contribution in [1.29, 1.82) is 10.5 Å². The summed E-state index contributed by atoms with van der Waals surface area (Å²) in [5.41, 5.74) is 6.63. The zero-order valence-electron chi connectivity index (χ0n) is 35.8. The number of nitrogens with zero attached hydrogens (tertiary/aromatic N) is 6. The van der Waals surface area contributed by atoms with Crippen molar-refractivity contribution in [2.24, 2.45) is 0 Å². The number of fused-ring (bicyclic) bond motifs is 2. The lowest BCUT2D eigenvalue weighted by Crippen LogP contribution is -2.29. The summed E-state index contributed by atoms with van der Waals surface area (Å²) >= 11 is 3.39. The average molecular weight is 944 g/mol. The molecule has 10 rings (SSSR count). The van der Waals surface area contributed by atoms with E-state index >= 15 is 0 Å². The first-order valence-corrected chi connectivity index (χ1v) is 21.8. The van der Waals surface area contributed by atoms with E-state index in [0.29, 0.717) is 34.4 Å². The molecule has 328 valence electrons. The van der Waals surface area contributed by atoms with Gasteiger partial charge in [-0.15, -0.1) is 0 Å². The van der Waals surface area contributed by atoms with Crippen molar-refractivity contribution in [3.63, 3.8) is 0 Å². The molecular formula is C52H42BBrF2N6O4. The number of hydrogen-bond acceptors (Lipinski definition) is 8. The first kappa shape index (κ1) is 45.5. The lowest BCUT2D eigenvalue weighted by Gasteiger charge is -2.23. The first-order chi connectivity index (χ1) is 31.7. The maximum atomic E-state index is 14.7. The van der Waals surface area contributed by atoms with Gasteiger partial charge in [-0.25, -0.2) is 18.7 Å². The van der Waals surface area contributed by atoms with Crippen molar-refractivity contribution in [2.45, 2.75) is 50.0 Å². The molecule has 14 heteroatoms. The number of aromatic nitrogens is 4. The molecule has 4 atom stereocenters. The van der Waals surface area contributed by atoms with Crippen LogP contribution < -0.4 is 5.46 Å². The molecule has 6 aromatic carbocycles. The standard InChI is InChI=1S/C26H20FN3O.C19H13BrFN3O.C7H9BO2/c1-17-2-5-19(6-3-17)20-7-9-21(10-8-20)26(31)13-24(30-16-29-15-25(26)30)22-11-4-18(14-28)12-23(22)27;20-14-4-2-13(3-5-14)19(25)8-17(24-11-23-10-18(19)24)15-6-1-12(9-22)7-16(15)21;1-6-2-4-7(5-3-6)8(9)10/h2-12,15-16,24,31H,13H2,1H3;1-7,10-11,17,25H,8H2;2-5,9-10H,1H3/t24-,26+;17-,19+;/m11./s1. The topological polar surface area (TPSA) is 164 Å². The number of aliphatic hydroxyl groups is 2. The highest BCUT2D eigenvalue weighted by molar-refractivity contribution is 9.10. The Morgan fingerprint density at radius 1 is 0.606 bits per heavy atom. The molecule has 4 heterocycles. The van der Waals surface area contributed by atoms with E-state index in [1.54, 1.807) is 66.0 Å². The molecule has 0 fully saturated rings. The molecule has 0 spiro atoms. The van der Waals surface area contributed by atoms with E-state index in [2.05, 4.69) is 57.1 Å². The lowest BCUT2D eigenvalue weighted by atomic mass is 9.80. The molecule has 0 aliphatic carbocycles. The van der Waals surface area contributed by atoms with Crippen molar-refractivity contribution in [1.82, 2.24) is 19.1 Å². The minimum atomic E-state index is -1.35. The number of hydrogen-bond donors (Lipinski definition) is 4. The van der Waals surface area contributed by atoms with Gasteiger partial charge in [-0.3, -0.25) is 0 Å². The SMILES string of the molecule is Cc1ccc(-c2ccc([C@@]3(O)C[C@H](c4ccc(C#N)cc4F)n4cncc43)cc2)cc1.Cc1ccc(B(O)O)cc1.N#Cc1ccc([C@H]2C[C@](O)(c3ccc(Br)cc3)c3cncn32)c(F)c1. The van der Waals surface area contributed by atoms with Crippen LogP contribution in [0.2, 0.25) is 0 Å². The Kier molecular flexibility index (Phi) is 13.0. The Morgan fingerprint density at radius 3 is 1.39 bits per heavy atom. The summed E-state index contributed by atoms with van der Waals surface area (Å²) in [7, 11) is -1.35. The van der Waals surface area contributed by atoms with Crippen LogP contribution in [0.1, 0.15) is 80.8 Å². The quantitative estimate of drug-likeness (QED) is 0.120. The third-order valence-electron chi connectivity index (χ3n) is 12.3. The second-order valence-electron chi connectivity index (χ2n) is 16.5. The minimum absolute atomic E-state index is 0.270. The van der Waals surface area contributed by atoms with E-state index in [4.69, 9.17) is 20.6 Å². The number of aryl methyl sites for hydroxylation is 2. The number of halogens is 3. The fourth-order valence-corrected chi connectivity index (χ4v) is 8.91. The van der Waals surface area contributed by atoms with E-state index in [1.807, 2.05) is 84.3 Å². The first-order valence-electron chi connectivity index (χ1n) is 21.0. The van der Waals surface area contributed by atoms with Crippen molar-refractivity contribution in [3.8, 4) is 23.3 Å². The predicted octanol–water partition coefficient (Wildman–Crippen LogP) is 8.66. The van der Waals surface area contributed by atoms with Gasteiger partial charge in [0, 0.05) is 28.4 Å². The van der Waals surface area contributed by atoms with E-state index < -0.39 is 36.0 Å². The second kappa shape index (κ2) is 18.8. The Morgan fingerprint density at radius 2 is 1.00 bits per heavy atom. The van der Waals surface area contributed by atoms with Crippen molar-refractivity contribution in [2.75, 3.05) is 0 Å². The summed E-state index contributed by atoms with van der Waals surface area (Å²) in [5, 5.41) is 58.3. The number of imidazole rings is 2. The molecule has 10 nitrogen and oxygen atoms in total. The summed E-state index contributed by atoms with van der Waals surface area (Å²) < 4.78 is 33.8. The highest BCUT2D eigenvalue weighted by atomic mass is 79.9. The lowest BCUT2D eigenvalue weighted by molar-refractivity contribution is 0.0789. The molecule has 0 saturated heterocycles. The minimum Gasteiger partial charge on any atom is -0.423 e. The molecule has 0 saturated carbocycles. The van der Waals surface area contributed by atoms with Crippen LogP contribution in [-0.2, 0) is 11.2 Å². The molecule has 66 heavy (non-hydrogen) atoms. The molecule has 4 N–H and O–H groups in total. The molecule has 2 aliphatic rings. The molecule has 0 bridgehead atoms. The van der Waals surface area contributed by atoms with E-state index in [0.717, 1.165) is 32.3 Å². The Hall–Kier alpha value is -7.04. The summed E-state index contributed by atoms with van der Waals surface area (Å²) in [5.74, 6) is -0.911. The van der Waals surface area contributed by atoms with Gasteiger partial charge in [0.2, 0.25) is 0 Å².